The van der Waals surface area contributed by atoms with Crippen LogP contribution in [0.3, 0.4) is 0 Å². The monoisotopic (exact) mass is 326 g/mol. The number of benzene rings is 1. The van der Waals surface area contributed by atoms with Gasteiger partial charge in [0.2, 0.25) is 0 Å². The largest absolute Gasteiger partial charge is 0.404 e. The summed E-state index contributed by atoms with van der Waals surface area (Å²) in [5.41, 5.74) is 0.609. The topological polar surface area (TPSA) is 104 Å². The van der Waals surface area contributed by atoms with Crippen molar-refractivity contribution >= 4 is 27.4 Å². The maximum atomic E-state index is 10.6. The summed E-state index contributed by atoms with van der Waals surface area (Å²) >= 11 is 3.04. The molecule has 0 bridgehead atoms. The molecule has 1 aromatic carbocycles. The van der Waals surface area contributed by atoms with Gasteiger partial charge >= 0.3 is 5.82 Å². The first-order valence-electron chi connectivity index (χ1n) is 5.08. The van der Waals surface area contributed by atoms with Crippen molar-refractivity contribution in [2.45, 2.75) is 6.54 Å². The van der Waals surface area contributed by atoms with E-state index in [1.165, 1.54) is 23.0 Å². The molecule has 0 unspecified atom stereocenters. The third-order valence-electron chi connectivity index (χ3n) is 2.34. The smallest absolute Gasteiger partial charge is 0.358 e. The van der Waals surface area contributed by atoms with E-state index in [2.05, 4.69) is 21.0 Å². The van der Waals surface area contributed by atoms with Crippen molar-refractivity contribution in [3.05, 3.63) is 60.7 Å². The van der Waals surface area contributed by atoms with Gasteiger partial charge in [0.1, 0.15) is 4.47 Å². The van der Waals surface area contributed by atoms with Gasteiger partial charge in [0.05, 0.1) is 22.8 Å². The van der Waals surface area contributed by atoms with Crippen molar-refractivity contribution in [2.24, 2.45) is 0 Å². The number of hydrogen-bond donors (Lipinski definition) is 0. The summed E-state index contributed by atoms with van der Waals surface area (Å²) in [7, 11) is 0. The number of hydrogen-bond acceptors (Lipinski definition) is 5. The molecule has 0 aliphatic heterocycles. The molecule has 98 valence electrons. The predicted octanol–water partition coefficient (Wildman–Crippen LogP) is 2.51. The minimum absolute atomic E-state index is 0.0294. The number of nitro groups is 2. The summed E-state index contributed by atoms with van der Waals surface area (Å²) < 4.78 is 1.62. The number of nitrogens with zero attached hydrogens (tertiary/aromatic N) is 4. The fraction of sp³-hybridized carbons (Fsp3) is 0.100. The molecule has 0 spiro atoms. The van der Waals surface area contributed by atoms with Crippen molar-refractivity contribution in [3.8, 4) is 0 Å². The van der Waals surface area contributed by atoms with Gasteiger partial charge < -0.3 is 10.1 Å². The first-order chi connectivity index (χ1) is 8.97. The lowest BCUT2D eigenvalue weighted by Gasteiger charge is -1.98. The Bertz CT molecular complexity index is 655. The summed E-state index contributed by atoms with van der Waals surface area (Å²) in [6, 6.07) is 6.03. The van der Waals surface area contributed by atoms with E-state index in [1.54, 1.807) is 12.1 Å². The average Bonchev–Trinajstić information content (AvgIpc) is 2.70. The van der Waals surface area contributed by atoms with E-state index in [1.807, 2.05) is 0 Å². The second-order valence-corrected chi connectivity index (χ2v) is 4.54. The quantitative estimate of drug-likeness (QED) is 0.634. The Morgan fingerprint density at radius 3 is 2.58 bits per heavy atom. The highest BCUT2D eigenvalue weighted by Crippen LogP contribution is 2.23. The molecule has 0 saturated carbocycles. The van der Waals surface area contributed by atoms with Crippen LogP contribution in [0.25, 0.3) is 0 Å². The lowest BCUT2D eigenvalue weighted by Crippen LogP contribution is -2.01. The predicted molar refractivity (Wildman–Crippen MR) is 68.8 cm³/mol. The Balaban J connectivity index is 2.26. The van der Waals surface area contributed by atoms with Gasteiger partial charge in [-0.05, 0) is 26.4 Å². The molecule has 0 aliphatic rings. The van der Waals surface area contributed by atoms with Gasteiger partial charge in [-0.2, -0.15) is 4.68 Å². The van der Waals surface area contributed by atoms with Crippen LogP contribution in [0.4, 0.5) is 11.5 Å². The fourth-order valence-electron chi connectivity index (χ4n) is 1.55. The number of aromatic nitrogens is 2. The molecule has 8 nitrogen and oxygen atoms in total. The molecule has 9 heteroatoms. The van der Waals surface area contributed by atoms with Crippen LogP contribution in [-0.4, -0.2) is 19.6 Å². The van der Waals surface area contributed by atoms with Crippen molar-refractivity contribution < 1.29 is 9.85 Å². The van der Waals surface area contributed by atoms with E-state index in [9.17, 15) is 20.2 Å². The van der Waals surface area contributed by atoms with E-state index in [-0.39, 0.29) is 22.5 Å². The molecule has 1 heterocycles. The van der Waals surface area contributed by atoms with E-state index >= 15 is 0 Å². The standard InChI is InChI=1S/C10H7BrN4O4/c11-9-6-13(12-10(9)15(18)19)5-7-2-1-3-8(4-7)14(16)17/h1-4,6H,5H2. The highest BCUT2D eigenvalue weighted by Gasteiger charge is 2.18. The molecular weight excluding hydrogens is 320 g/mol. The summed E-state index contributed by atoms with van der Waals surface area (Å²) in [5.74, 6) is -0.287. The first kappa shape index (κ1) is 13.1. The van der Waals surface area contributed by atoms with E-state index in [0.717, 1.165) is 0 Å². The van der Waals surface area contributed by atoms with Gasteiger partial charge in [-0.1, -0.05) is 12.1 Å². The van der Waals surface area contributed by atoms with E-state index in [4.69, 9.17) is 0 Å². The Morgan fingerprint density at radius 2 is 2.00 bits per heavy atom. The maximum Gasteiger partial charge on any atom is 0.404 e. The third kappa shape index (κ3) is 2.94. The first-order valence-corrected chi connectivity index (χ1v) is 5.87. The highest BCUT2D eigenvalue weighted by atomic mass is 79.9. The molecule has 0 radical (unpaired) electrons. The maximum absolute atomic E-state index is 10.6. The average molecular weight is 327 g/mol. The van der Waals surface area contributed by atoms with Gasteiger partial charge in [-0.15, -0.1) is 0 Å². The van der Waals surface area contributed by atoms with Crippen LogP contribution in [-0.2, 0) is 6.54 Å². The second kappa shape index (κ2) is 5.14. The molecule has 0 atom stereocenters. The summed E-state index contributed by atoms with van der Waals surface area (Å²) in [5, 5.41) is 25.1. The van der Waals surface area contributed by atoms with Gasteiger partial charge in [-0.3, -0.25) is 10.1 Å². The normalized spacial score (nSPS) is 10.4. The zero-order chi connectivity index (χ0) is 14.0. The zero-order valence-electron chi connectivity index (χ0n) is 9.39. The Hall–Kier alpha value is -2.29. The van der Waals surface area contributed by atoms with Gasteiger partial charge in [0.25, 0.3) is 5.69 Å². The highest BCUT2D eigenvalue weighted by molar-refractivity contribution is 9.10. The van der Waals surface area contributed by atoms with Gasteiger partial charge in [0.15, 0.2) is 0 Å². The van der Waals surface area contributed by atoms with Crippen LogP contribution in [0.5, 0.6) is 0 Å². The lowest BCUT2D eigenvalue weighted by molar-refractivity contribution is -0.390. The Morgan fingerprint density at radius 1 is 1.26 bits per heavy atom. The minimum atomic E-state index is -0.603. The minimum Gasteiger partial charge on any atom is -0.358 e. The third-order valence-corrected chi connectivity index (χ3v) is 2.90. The number of rotatable bonds is 4. The molecule has 2 rings (SSSR count). The van der Waals surface area contributed by atoms with Crippen molar-refractivity contribution in [2.75, 3.05) is 0 Å². The molecule has 0 fully saturated rings. The van der Waals surface area contributed by atoms with E-state index in [0.29, 0.717) is 5.56 Å². The van der Waals surface area contributed by atoms with Crippen LogP contribution in [0.15, 0.2) is 34.9 Å². The molecule has 0 N–H and O–H groups in total. The molecule has 0 saturated heterocycles. The number of nitro benzene ring substituents is 1. The Labute approximate surface area is 115 Å². The van der Waals surface area contributed by atoms with Crippen LogP contribution in [0.1, 0.15) is 5.56 Å². The van der Waals surface area contributed by atoms with Gasteiger partial charge in [0, 0.05) is 12.1 Å². The van der Waals surface area contributed by atoms with Crippen LogP contribution in [0.2, 0.25) is 0 Å². The molecule has 19 heavy (non-hydrogen) atoms. The summed E-state index contributed by atoms with van der Waals surface area (Å²) in [6.07, 6.45) is 1.46. The van der Waals surface area contributed by atoms with Crippen molar-refractivity contribution in [1.82, 2.24) is 9.78 Å². The Kier molecular flexibility index (Phi) is 3.56. The fourth-order valence-corrected chi connectivity index (χ4v) is 2.01. The zero-order valence-corrected chi connectivity index (χ0v) is 11.0. The van der Waals surface area contributed by atoms with Crippen LogP contribution >= 0.6 is 15.9 Å². The molecule has 2 aromatic rings. The summed E-state index contributed by atoms with van der Waals surface area (Å²) in [4.78, 5) is 20.2. The van der Waals surface area contributed by atoms with Gasteiger partial charge in [-0.25, -0.2) is 0 Å². The van der Waals surface area contributed by atoms with E-state index < -0.39 is 9.85 Å². The SMILES string of the molecule is O=[N+]([O-])c1cccc(Cn2cc(Br)c([N+](=O)[O-])n2)c1. The number of halogens is 1. The molecule has 0 aliphatic carbocycles. The van der Waals surface area contributed by atoms with Crippen molar-refractivity contribution in [3.63, 3.8) is 0 Å². The molecule has 1 aromatic heterocycles. The lowest BCUT2D eigenvalue weighted by atomic mass is 10.2. The molecule has 0 amide bonds. The van der Waals surface area contributed by atoms with Crippen LogP contribution < -0.4 is 0 Å². The second-order valence-electron chi connectivity index (χ2n) is 3.68. The number of non-ortho nitro benzene ring substituents is 1. The molecular formula is C10H7BrN4O4. The van der Waals surface area contributed by atoms with Crippen molar-refractivity contribution in [1.29, 1.82) is 0 Å². The van der Waals surface area contributed by atoms with Crippen LogP contribution in [0, 0.1) is 20.2 Å². The summed E-state index contributed by atoms with van der Waals surface area (Å²) in [6.45, 7) is 0.216.